The molecule has 2 aromatic carbocycles. The number of fused-ring (bicyclic) bond motifs is 1. The van der Waals surface area contributed by atoms with E-state index < -0.39 is 0 Å². The third kappa shape index (κ3) is 3.39. The number of nitrogens with zero attached hydrogens (tertiary/aromatic N) is 3. The number of aromatic amines is 1. The van der Waals surface area contributed by atoms with Gasteiger partial charge in [0.1, 0.15) is 0 Å². The van der Waals surface area contributed by atoms with Gasteiger partial charge in [-0.3, -0.25) is 4.79 Å². The second kappa shape index (κ2) is 6.41. The number of halogens is 1. The van der Waals surface area contributed by atoms with Gasteiger partial charge in [-0.25, -0.2) is 9.97 Å². The first-order valence-corrected chi connectivity index (χ1v) is 8.06. The van der Waals surface area contributed by atoms with Crippen molar-refractivity contribution in [3.8, 4) is 0 Å². The first kappa shape index (κ1) is 15.4. The van der Waals surface area contributed by atoms with Crippen molar-refractivity contribution >= 4 is 34.4 Å². The number of rotatable bonds is 4. The van der Waals surface area contributed by atoms with Gasteiger partial charge < -0.3 is 14.9 Å². The van der Waals surface area contributed by atoms with E-state index in [0.717, 1.165) is 16.6 Å². The molecule has 0 bridgehead atoms. The number of nitrogens with one attached hydrogen (secondary N) is 2. The zero-order chi connectivity index (χ0) is 17.2. The fourth-order valence-electron chi connectivity index (χ4n) is 2.62. The van der Waals surface area contributed by atoms with Gasteiger partial charge in [0, 0.05) is 23.3 Å². The Morgan fingerprint density at radius 3 is 3.00 bits per heavy atom. The molecule has 25 heavy (non-hydrogen) atoms. The van der Waals surface area contributed by atoms with E-state index in [1.165, 1.54) is 0 Å². The molecule has 2 heterocycles. The largest absolute Gasteiger partial charge is 0.345 e. The number of carbonyl (C=O) groups is 1. The summed E-state index contributed by atoms with van der Waals surface area (Å²) in [4.78, 5) is 23.7. The lowest BCUT2D eigenvalue weighted by molar-refractivity contribution is 0.102. The molecule has 0 saturated heterocycles. The molecule has 0 aliphatic carbocycles. The molecule has 124 valence electrons. The van der Waals surface area contributed by atoms with Crippen LogP contribution < -0.4 is 5.32 Å². The quantitative estimate of drug-likeness (QED) is 0.588. The van der Waals surface area contributed by atoms with Gasteiger partial charge >= 0.3 is 0 Å². The molecule has 4 rings (SSSR count). The van der Waals surface area contributed by atoms with E-state index in [9.17, 15) is 4.79 Å². The van der Waals surface area contributed by atoms with Crippen LogP contribution in [0, 0.1) is 0 Å². The summed E-state index contributed by atoms with van der Waals surface area (Å²) in [6, 6.07) is 12.9. The van der Waals surface area contributed by atoms with Crippen LogP contribution in [0.5, 0.6) is 0 Å². The fraction of sp³-hybridized carbons (Fsp3) is 0.0556. The van der Waals surface area contributed by atoms with E-state index in [4.69, 9.17) is 11.6 Å². The number of imidazole rings is 2. The first-order valence-electron chi connectivity index (χ1n) is 7.68. The predicted molar refractivity (Wildman–Crippen MR) is 96.8 cm³/mol. The van der Waals surface area contributed by atoms with Crippen LogP contribution >= 0.6 is 11.6 Å². The SMILES string of the molecule is O=C(Nc1cn(Cc2cccc(Cl)c2)cn1)c1ccc2nc[nH]c2c1. The minimum Gasteiger partial charge on any atom is -0.345 e. The lowest BCUT2D eigenvalue weighted by atomic mass is 10.2. The van der Waals surface area contributed by atoms with Crippen molar-refractivity contribution in [2.75, 3.05) is 5.32 Å². The number of carbonyl (C=O) groups excluding carboxylic acids is 1. The topological polar surface area (TPSA) is 75.6 Å². The molecule has 0 aliphatic heterocycles. The lowest BCUT2D eigenvalue weighted by Gasteiger charge is -2.03. The van der Waals surface area contributed by atoms with Crippen LogP contribution in [0.4, 0.5) is 5.82 Å². The van der Waals surface area contributed by atoms with Crippen molar-refractivity contribution in [3.05, 3.63) is 77.5 Å². The maximum absolute atomic E-state index is 12.4. The number of hydrogen-bond donors (Lipinski definition) is 2. The molecule has 0 atom stereocenters. The van der Waals surface area contributed by atoms with Gasteiger partial charge in [0.15, 0.2) is 5.82 Å². The molecule has 6 nitrogen and oxygen atoms in total. The Morgan fingerprint density at radius 1 is 1.20 bits per heavy atom. The number of H-pyrrole nitrogens is 1. The van der Waals surface area contributed by atoms with Crippen LogP contribution in [0.1, 0.15) is 15.9 Å². The number of aromatic nitrogens is 4. The fourth-order valence-corrected chi connectivity index (χ4v) is 2.84. The highest BCUT2D eigenvalue weighted by atomic mass is 35.5. The Labute approximate surface area is 148 Å². The van der Waals surface area contributed by atoms with E-state index in [1.807, 2.05) is 28.8 Å². The van der Waals surface area contributed by atoms with E-state index in [1.54, 1.807) is 37.1 Å². The van der Waals surface area contributed by atoms with Crippen molar-refractivity contribution in [1.29, 1.82) is 0 Å². The monoisotopic (exact) mass is 351 g/mol. The molecular weight excluding hydrogens is 338 g/mol. The normalized spacial score (nSPS) is 10.9. The summed E-state index contributed by atoms with van der Waals surface area (Å²) in [5.74, 6) is 0.279. The number of anilines is 1. The zero-order valence-corrected chi connectivity index (χ0v) is 13.9. The Kier molecular flexibility index (Phi) is 3.95. The average Bonchev–Trinajstić information content (AvgIpc) is 3.23. The van der Waals surface area contributed by atoms with Gasteiger partial charge in [-0.1, -0.05) is 23.7 Å². The van der Waals surface area contributed by atoms with Crippen LogP contribution in [-0.4, -0.2) is 25.4 Å². The summed E-state index contributed by atoms with van der Waals surface area (Å²) in [6.45, 7) is 0.629. The minimum atomic E-state index is -0.218. The molecule has 7 heteroatoms. The highest BCUT2D eigenvalue weighted by Gasteiger charge is 2.09. The number of benzene rings is 2. The van der Waals surface area contributed by atoms with Gasteiger partial charge in [-0.05, 0) is 35.9 Å². The summed E-state index contributed by atoms with van der Waals surface area (Å²) < 4.78 is 1.89. The Hall–Kier alpha value is -3.12. The minimum absolute atomic E-state index is 0.218. The second-order valence-corrected chi connectivity index (χ2v) is 6.09. The molecule has 0 spiro atoms. The number of hydrogen-bond acceptors (Lipinski definition) is 3. The van der Waals surface area contributed by atoms with Crippen molar-refractivity contribution in [2.24, 2.45) is 0 Å². The third-order valence-electron chi connectivity index (χ3n) is 3.81. The molecule has 2 aromatic heterocycles. The van der Waals surface area contributed by atoms with Gasteiger partial charge in [0.25, 0.3) is 5.91 Å². The summed E-state index contributed by atoms with van der Waals surface area (Å²) in [5, 5.41) is 3.50. The molecule has 4 aromatic rings. The van der Waals surface area contributed by atoms with Gasteiger partial charge in [-0.2, -0.15) is 0 Å². The number of amides is 1. The molecule has 0 saturated carbocycles. The van der Waals surface area contributed by atoms with E-state index in [0.29, 0.717) is 22.9 Å². The van der Waals surface area contributed by atoms with Crippen LogP contribution in [-0.2, 0) is 6.54 Å². The summed E-state index contributed by atoms with van der Waals surface area (Å²) in [5.41, 5.74) is 3.25. The molecule has 0 aliphatic rings. The summed E-state index contributed by atoms with van der Waals surface area (Å²) >= 11 is 6.00. The maximum Gasteiger partial charge on any atom is 0.256 e. The molecule has 0 unspecified atom stereocenters. The molecule has 2 N–H and O–H groups in total. The highest BCUT2D eigenvalue weighted by molar-refractivity contribution is 6.30. The summed E-state index contributed by atoms with van der Waals surface area (Å²) in [6.07, 6.45) is 5.06. The van der Waals surface area contributed by atoms with E-state index in [-0.39, 0.29) is 5.91 Å². The molecule has 1 amide bonds. The first-order chi connectivity index (χ1) is 12.2. The second-order valence-electron chi connectivity index (χ2n) is 5.65. The van der Waals surface area contributed by atoms with Crippen LogP contribution in [0.15, 0.2) is 61.3 Å². The molecule has 0 radical (unpaired) electrons. The summed E-state index contributed by atoms with van der Waals surface area (Å²) in [7, 11) is 0. The van der Waals surface area contributed by atoms with Crippen LogP contribution in [0.2, 0.25) is 5.02 Å². The molecular formula is C18H14ClN5O. The highest BCUT2D eigenvalue weighted by Crippen LogP contribution is 2.15. The standard InChI is InChI=1S/C18H14ClN5O/c19-14-3-1-2-12(6-14)8-24-9-17(22-11-24)23-18(25)13-4-5-15-16(7-13)21-10-20-15/h1-7,9-11H,8H2,(H,20,21)(H,23,25). The van der Waals surface area contributed by atoms with E-state index in [2.05, 4.69) is 20.3 Å². The maximum atomic E-state index is 12.4. The average molecular weight is 352 g/mol. The Morgan fingerprint density at radius 2 is 2.12 bits per heavy atom. The Bertz CT molecular complexity index is 1050. The van der Waals surface area contributed by atoms with E-state index >= 15 is 0 Å². The lowest BCUT2D eigenvalue weighted by Crippen LogP contribution is -2.12. The van der Waals surface area contributed by atoms with Crippen LogP contribution in [0.25, 0.3) is 11.0 Å². The van der Waals surface area contributed by atoms with Crippen molar-refractivity contribution in [2.45, 2.75) is 6.54 Å². The predicted octanol–water partition coefficient (Wildman–Crippen LogP) is 3.71. The van der Waals surface area contributed by atoms with Crippen molar-refractivity contribution in [3.63, 3.8) is 0 Å². The zero-order valence-electron chi connectivity index (χ0n) is 13.1. The van der Waals surface area contributed by atoms with Gasteiger partial charge in [-0.15, -0.1) is 0 Å². The molecule has 0 fully saturated rings. The van der Waals surface area contributed by atoms with Crippen molar-refractivity contribution < 1.29 is 4.79 Å². The van der Waals surface area contributed by atoms with Gasteiger partial charge in [0.05, 0.1) is 23.7 Å². The van der Waals surface area contributed by atoms with Gasteiger partial charge in [0.2, 0.25) is 0 Å². The smallest absolute Gasteiger partial charge is 0.256 e. The third-order valence-corrected chi connectivity index (χ3v) is 4.05. The van der Waals surface area contributed by atoms with Crippen LogP contribution in [0.3, 0.4) is 0 Å². The Balaban J connectivity index is 1.47. The van der Waals surface area contributed by atoms with Crippen molar-refractivity contribution in [1.82, 2.24) is 19.5 Å².